The highest BCUT2D eigenvalue weighted by Crippen LogP contribution is 2.42. The largest absolute Gasteiger partial charge is 0.462 e. The van der Waals surface area contributed by atoms with Crippen LogP contribution in [0, 0.1) is 12.7 Å². The summed E-state index contributed by atoms with van der Waals surface area (Å²) in [5.41, 5.74) is 4.10. The first kappa shape index (κ1) is 22.1. The maximum absolute atomic E-state index is 13.3. The summed E-state index contributed by atoms with van der Waals surface area (Å²) < 4.78 is 18.8. The molecule has 32 heavy (non-hydrogen) atoms. The predicted octanol–water partition coefficient (Wildman–Crippen LogP) is 5.70. The van der Waals surface area contributed by atoms with E-state index in [4.69, 9.17) is 4.74 Å². The molecule has 1 aliphatic heterocycles. The van der Waals surface area contributed by atoms with Crippen molar-refractivity contribution < 1.29 is 18.7 Å². The van der Waals surface area contributed by atoms with Crippen LogP contribution < -0.4 is 4.90 Å². The lowest BCUT2D eigenvalue weighted by Gasteiger charge is -2.26. The number of amides is 1. The third-order valence-corrected chi connectivity index (χ3v) is 6.61. The summed E-state index contributed by atoms with van der Waals surface area (Å²) in [4.78, 5) is 26.8. The number of hydrogen-bond acceptors (Lipinski definition) is 4. The van der Waals surface area contributed by atoms with Gasteiger partial charge in [-0.3, -0.25) is 9.69 Å². The minimum absolute atomic E-state index is 0.0105. The van der Waals surface area contributed by atoms with Crippen molar-refractivity contribution in [2.45, 2.75) is 25.1 Å². The van der Waals surface area contributed by atoms with Gasteiger partial charge in [-0.25, -0.2) is 9.18 Å². The lowest BCUT2D eigenvalue weighted by Crippen LogP contribution is -2.28. The number of esters is 1. The van der Waals surface area contributed by atoms with Gasteiger partial charge in [0.05, 0.1) is 17.9 Å². The van der Waals surface area contributed by atoms with Gasteiger partial charge < -0.3 is 4.74 Å². The first-order chi connectivity index (χ1) is 15.5. The molecule has 1 heterocycles. The van der Waals surface area contributed by atoms with Crippen molar-refractivity contribution in [3.05, 3.63) is 101 Å². The summed E-state index contributed by atoms with van der Waals surface area (Å²) in [7, 11) is 0. The van der Waals surface area contributed by atoms with Crippen molar-refractivity contribution in [2.75, 3.05) is 17.3 Å². The highest BCUT2D eigenvalue weighted by atomic mass is 32.2. The van der Waals surface area contributed by atoms with Crippen LogP contribution >= 0.6 is 11.8 Å². The number of ether oxygens (including phenoxy) is 1. The van der Waals surface area contributed by atoms with Crippen LogP contribution in [0.25, 0.3) is 0 Å². The normalized spacial score (nSPS) is 15.8. The second kappa shape index (κ2) is 10.0. The molecule has 164 valence electrons. The molecule has 6 heteroatoms. The number of nitrogens with zero attached hydrogens (tertiary/aromatic N) is 1. The number of carbonyl (C=O) groups excluding carboxylic acids is 2. The fraction of sp³-hybridized carbons (Fsp3) is 0.231. The van der Waals surface area contributed by atoms with Gasteiger partial charge in [-0.05, 0) is 66.8 Å². The number of benzene rings is 3. The lowest BCUT2D eigenvalue weighted by atomic mass is 10.1. The summed E-state index contributed by atoms with van der Waals surface area (Å²) >= 11 is 1.51. The molecule has 0 aromatic heterocycles. The molecule has 0 spiro atoms. The molecule has 3 aromatic carbocycles. The molecule has 1 atom stereocenters. The lowest BCUT2D eigenvalue weighted by molar-refractivity contribution is -0.115. The van der Waals surface area contributed by atoms with E-state index in [-0.39, 0.29) is 23.1 Å². The van der Waals surface area contributed by atoms with Crippen LogP contribution in [0.1, 0.15) is 38.8 Å². The molecule has 0 bridgehead atoms. The monoisotopic (exact) mass is 449 g/mol. The number of rotatable bonds is 7. The number of thioether (sulfide) groups is 1. The molecule has 3 aromatic rings. The summed E-state index contributed by atoms with van der Waals surface area (Å²) in [5, 5.41) is -0.224. The number of hydrogen-bond donors (Lipinski definition) is 0. The van der Waals surface area contributed by atoms with Gasteiger partial charge in [0, 0.05) is 5.69 Å². The van der Waals surface area contributed by atoms with Gasteiger partial charge in [0.15, 0.2) is 0 Å². The molecule has 1 fully saturated rings. The second-order valence-corrected chi connectivity index (χ2v) is 8.77. The number of halogens is 1. The van der Waals surface area contributed by atoms with Gasteiger partial charge in [-0.1, -0.05) is 42.5 Å². The topological polar surface area (TPSA) is 46.6 Å². The molecule has 1 saturated heterocycles. The highest BCUT2D eigenvalue weighted by molar-refractivity contribution is 8.00. The van der Waals surface area contributed by atoms with Gasteiger partial charge in [0.25, 0.3) is 0 Å². The van der Waals surface area contributed by atoms with Crippen molar-refractivity contribution in [1.29, 1.82) is 0 Å². The minimum Gasteiger partial charge on any atom is -0.462 e. The molecule has 4 rings (SSSR count). The van der Waals surface area contributed by atoms with Gasteiger partial charge in [-0.15, -0.1) is 11.8 Å². The Balaban J connectivity index is 1.42. The number of anilines is 1. The Labute approximate surface area is 191 Å². The molecule has 4 nitrogen and oxygen atoms in total. The first-order valence-electron chi connectivity index (χ1n) is 10.5. The van der Waals surface area contributed by atoms with E-state index in [1.165, 1.54) is 29.5 Å². The summed E-state index contributed by atoms with van der Waals surface area (Å²) in [6, 6.07) is 21.5. The highest BCUT2D eigenvalue weighted by Gasteiger charge is 2.35. The van der Waals surface area contributed by atoms with Crippen LogP contribution in [-0.4, -0.2) is 24.2 Å². The Morgan fingerprint density at radius 2 is 1.84 bits per heavy atom. The Hall–Kier alpha value is -3.12. The molecule has 0 aliphatic carbocycles. The number of carbonyl (C=O) groups is 2. The van der Waals surface area contributed by atoms with Crippen molar-refractivity contribution in [3.63, 3.8) is 0 Å². The molecule has 1 aliphatic rings. The zero-order chi connectivity index (χ0) is 22.5. The quantitative estimate of drug-likeness (QED) is 0.343. The van der Waals surface area contributed by atoms with E-state index in [0.717, 1.165) is 29.7 Å². The Morgan fingerprint density at radius 3 is 2.56 bits per heavy atom. The maximum Gasteiger partial charge on any atom is 0.338 e. The Kier molecular flexibility index (Phi) is 6.90. The number of aryl methyl sites for hydroxylation is 2. The van der Waals surface area contributed by atoms with Gasteiger partial charge in [-0.2, -0.15) is 0 Å². The van der Waals surface area contributed by atoms with Crippen LogP contribution in [-0.2, 0) is 16.0 Å². The van der Waals surface area contributed by atoms with E-state index >= 15 is 0 Å². The summed E-state index contributed by atoms with van der Waals surface area (Å²) in [5.74, 6) is -0.335. The fourth-order valence-electron chi connectivity index (χ4n) is 3.78. The van der Waals surface area contributed by atoms with E-state index in [0.29, 0.717) is 17.9 Å². The zero-order valence-corrected chi connectivity index (χ0v) is 18.6. The maximum atomic E-state index is 13.3. The smallest absolute Gasteiger partial charge is 0.338 e. The van der Waals surface area contributed by atoms with Gasteiger partial charge >= 0.3 is 5.97 Å². The molecule has 1 amide bonds. The van der Waals surface area contributed by atoms with E-state index in [9.17, 15) is 14.0 Å². The van der Waals surface area contributed by atoms with Crippen molar-refractivity contribution >= 4 is 29.3 Å². The summed E-state index contributed by atoms with van der Waals surface area (Å²) in [6.45, 7) is 2.22. The first-order valence-corrected chi connectivity index (χ1v) is 11.6. The predicted molar refractivity (Wildman–Crippen MR) is 125 cm³/mol. The van der Waals surface area contributed by atoms with Gasteiger partial charge in [0.2, 0.25) is 5.91 Å². The zero-order valence-electron chi connectivity index (χ0n) is 17.8. The average molecular weight is 450 g/mol. The van der Waals surface area contributed by atoms with E-state index in [2.05, 4.69) is 12.1 Å². The third kappa shape index (κ3) is 5.02. The standard InChI is InChI=1S/C26H24FNO3S/c1-18-16-21(26(30)31-15-5-8-19-6-3-2-4-7-19)11-14-23(18)28-24(29)17-32-25(28)20-9-12-22(27)13-10-20/h2-4,6-7,9-14,16,25H,5,8,15,17H2,1H3. The third-order valence-electron chi connectivity index (χ3n) is 5.40. The minimum atomic E-state index is -0.370. The van der Waals surface area contributed by atoms with E-state index in [1.807, 2.05) is 25.1 Å². The molecule has 0 N–H and O–H groups in total. The molecular weight excluding hydrogens is 425 g/mol. The van der Waals surface area contributed by atoms with Crippen molar-refractivity contribution in [3.8, 4) is 0 Å². The second-order valence-electron chi connectivity index (χ2n) is 7.70. The molecular formula is C26H24FNO3S. The summed E-state index contributed by atoms with van der Waals surface area (Å²) in [6.07, 6.45) is 1.61. The molecule has 0 saturated carbocycles. The Morgan fingerprint density at radius 1 is 1.09 bits per heavy atom. The van der Waals surface area contributed by atoms with E-state index < -0.39 is 0 Å². The van der Waals surface area contributed by atoms with Crippen LogP contribution in [0.5, 0.6) is 0 Å². The van der Waals surface area contributed by atoms with Crippen LogP contribution in [0.15, 0.2) is 72.8 Å². The SMILES string of the molecule is Cc1cc(C(=O)OCCCc2ccccc2)ccc1N1C(=O)CSC1c1ccc(F)cc1. The van der Waals surface area contributed by atoms with Crippen LogP contribution in [0.2, 0.25) is 0 Å². The molecule has 1 unspecified atom stereocenters. The van der Waals surface area contributed by atoms with Crippen molar-refractivity contribution in [1.82, 2.24) is 0 Å². The van der Waals surface area contributed by atoms with E-state index in [1.54, 1.807) is 35.2 Å². The van der Waals surface area contributed by atoms with Crippen LogP contribution in [0.3, 0.4) is 0 Å². The average Bonchev–Trinajstić information content (AvgIpc) is 3.18. The van der Waals surface area contributed by atoms with Crippen LogP contribution in [0.4, 0.5) is 10.1 Å². The van der Waals surface area contributed by atoms with Gasteiger partial charge in [0.1, 0.15) is 11.2 Å². The molecule has 0 radical (unpaired) electrons. The fourth-order valence-corrected chi connectivity index (χ4v) is 4.95. The van der Waals surface area contributed by atoms with Crippen molar-refractivity contribution in [2.24, 2.45) is 0 Å². The Bertz CT molecular complexity index is 1100.